The van der Waals surface area contributed by atoms with Crippen LogP contribution >= 0.6 is 0 Å². The van der Waals surface area contributed by atoms with Gasteiger partial charge in [0.05, 0.1) is 25.3 Å². The minimum Gasteiger partial charge on any atom is -0.465 e. The molecule has 0 radical (unpaired) electrons. The molecule has 24 heavy (non-hydrogen) atoms. The van der Waals surface area contributed by atoms with Crippen LogP contribution in [0.3, 0.4) is 0 Å². The number of allylic oxidation sites excluding steroid dienone is 1. The van der Waals surface area contributed by atoms with Gasteiger partial charge in [0.15, 0.2) is 0 Å². The molecular weight excluding hydrogens is 310 g/mol. The van der Waals surface area contributed by atoms with Crippen molar-refractivity contribution in [2.45, 2.75) is 0 Å². The number of methoxy groups -OCH3 is 2. The lowest BCUT2D eigenvalue weighted by Crippen LogP contribution is -2.05. The van der Waals surface area contributed by atoms with E-state index >= 15 is 0 Å². The van der Waals surface area contributed by atoms with E-state index in [-0.39, 0.29) is 17.0 Å². The molecular formula is C18H15NO5. The molecule has 0 bridgehead atoms. The summed E-state index contributed by atoms with van der Waals surface area (Å²) < 4.78 is 9.22. The molecule has 0 amide bonds. The zero-order valence-electron chi connectivity index (χ0n) is 13.2. The first-order valence-corrected chi connectivity index (χ1v) is 7.00. The van der Waals surface area contributed by atoms with Crippen molar-refractivity contribution < 1.29 is 23.9 Å². The highest BCUT2D eigenvalue weighted by atomic mass is 16.5. The second-order valence-corrected chi connectivity index (χ2v) is 4.73. The largest absolute Gasteiger partial charge is 0.465 e. The molecule has 0 unspecified atom stereocenters. The molecule has 0 aliphatic rings. The SMILES string of the molecule is COC(=O)c1ccc(/C=C/C(=O)c2cc(C(=O)OC)ccn2)cc1. The van der Waals surface area contributed by atoms with Gasteiger partial charge in [0.2, 0.25) is 5.78 Å². The molecule has 0 aliphatic carbocycles. The summed E-state index contributed by atoms with van der Waals surface area (Å²) in [5.41, 5.74) is 1.56. The Morgan fingerprint density at radius 2 is 1.54 bits per heavy atom. The van der Waals surface area contributed by atoms with Crippen molar-refractivity contribution in [1.82, 2.24) is 4.98 Å². The smallest absolute Gasteiger partial charge is 0.337 e. The van der Waals surface area contributed by atoms with Crippen molar-refractivity contribution in [3.05, 3.63) is 71.1 Å². The molecule has 0 atom stereocenters. The number of rotatable bonds is 5. The number of hydrogen-bond acceptors (Lipinski definition) is 6. The Bertz CT molecular complexity index is 793. The van der Waals surface area contributed by atoms with Crippen LogP contribution in [0.2, 0.25) is 0 Å². The van der Waals surface area contributed by atoms with Crippen LogP contribution in [-0.2, 0) is 9.47 Å². The van der Waals surface area contributed by atoms with Gasteiger partial charge in [-0.3, -0.25) is 9.78 Å². The summed E-state index contributed by atoms with van der Waals surface area (Å²) in [5.74, 6) is -1.31. The van der Waals surface area contributed by atoms with Crippen LogP contribution in [0.5, 0.6) is 0 Å². The van der Waals surface area contributed by atoms with Crippen molar-refractivity contribution in [2.75, 3.05) is 14.2 Å². The number of ether oxygens (including phenoxy) is 2. The van der Waals surface area contributed by atoms with Gasteiger partial charge in [-0.25, -0.2) is 9.59 Å². The Morgan fingerprint density at radius 3 is 2.17 bits per heavy atom. The van der Waals surface area contributed by atoms with E-state index in [2.05, 4.69) is 14.5 Å². The van der Waals surface area contributed by atoms with Gasteiger partial charge in [0.25, 0.3) is 0 Å². The van der Waals surface area contributed by atoms with Crippen molar-refractivity contribution in [3.8, 4) is 0 Å². The Kier molecular flexibility index (Phi) is 5.57. The Balaban J connectivity index is 2.13. The maximum Gasteiger partial charge on any atom is 0.337 e. The van der Waals surface area contributed by atoms with E-state index in [1.54, 1.807) is 30.3 Å². The summed E-state index contributed by atoms with van der Waals surface area (Å²) in [6.45, 7) is 0. The van der Waals surface area contributed by atoms with Crippen LogP contribution in [0, 0.1) is 0 Å². The number of nitrogens with zero attached hydrogens (tertiary/aromatic N) is 1. The van der Waals surface area contributed by atoms with Crippen LogP contribution in [0.1, 0.15) is 36.8 Å². The minimum atomic E-state index is -0.533. The molecule has 122 valence electrons. The molecule has 6 heteroatoms. The maximum absolute atomic E-state index is 12.1. The highest BCUT2D eigenvalue weighted by Crippen LogP contribution is 2.09. The first kappa shape index (κ1) is 17.1. The molecule has 0 saturated heterocycles. The fourth-order valence-corrected chi connectivity index (χ4v) is 1.92. The van der Waals surface area contributed by atoms with E-state index in [0.717, 1.165) is 5.56 Å². The summed E-state index contributed by atoms with van der Waals surface area (Å²) in [6.07, 6.45) is 4.31. The monoisotopic (exact) mass is 325 g/mol. The molecule has 2 aromatic rings. The Morgan fingerprint density at radius 1 is 0.917 bits per heavy atom. The van der Waals surface area contributed by atoms with Gasteiger partial charge in [-0.15, -0.1) is 0 Å². The van der Waals surface area contributed by atoms with Crippen LogP contribution in [0.15, 0.2) is 48.7 Å². The predicted octanol–water partition coefficient (Wildman–Crippen LogP) is 2.55. The molecule has 6 nitrogen and oxygen atoms in total. The molecule has 1 aromatic heterocycles. The second kappa shape index (κ2) is 7.82. The number of hydrogen-bond donors (Lipinski definition) is 0. The normalized spacial score (nSPS) is 10.4. The molecule has 0 aliphatic heterocycles. The van der Waals surface area contributed by atoms with E-state index < -0.39 is 11.9 Å². The Labute approximate surface area is 138 Å². The highest BCUT2D eigenvalue weighted by molar-refractivity contribution is 6.06. The van der Waals surface area contributed by atoms with Crippen molar-refractivity contribution in [2.24, 2.45) is 0 Å². The van der Waals surface area contributed by atoms with Gasteiger partial charge < -0.3 is 9.47 Å². The van der Waals surface area contributed by atoms with Gasteiger partial charge in [-0.05, 0) is 35.9 Å². The number of carbonyl (C=O) groups excluding carboxylic acids is 3. The molecule has 0 fully saturated rings. The number of ketones is 1. The highest BCUT2D eigenvalue weighted by Gasteiger charge is 2.10. The van der Waals surface area contributed by atoms with E-state index in [1.165, 1.54) is 38.6 Å². The lowest BCUT2D eigenvalue weighted by molar-refractivity contribution is 0.0591. The third kappa shape index (κ3) is 4.13. The number of esters is 2. The van der Waals surface area contributed by atoms with Crippen molar-refractivity contribution >= 4 is 23.8 Å². The van der Waals surface area contributed by atoms with E-state index in [9.17, 15) is 14.4 Å². The first-order chi connectivity index (χ1) is 11.5. The first-order valence-electron chi connectivity index (χ1n) is 7.00. The van der Waals surface area contributed by atoms with Crippen LogP contribution < -0.4 is 0 Å². The average molecular weight is 325 g/mol. The van der Waals surface area contributed by atoms with Gasteiger partial charge >= 0.3 is 11.9 Å². The van der Waals surface area contributed by atoms with Gasteiger partial charge in [-0.1, -0.05) is 18.2 Å². The fraction of sp³-hybridized carbons (Fsp3) is 0.111. The third-order valence-corrected chi connectivity index (χ3v) is 3.19. The quantitative estimate of drug-likeness (QED) is 0.477. The fourth-order valence-electron chi connectivity index (χ4n) is 1.92. The third-order valence-electron chi connectivity index (χ3n) is 3.19. The lowest BCUT2D eigenvalue weighted by atomic mass is 10.1. The molecule has 0 spiro atoms. The summed E-state index contributed by atoms with van der Waals surface area (Å²) in [6, 6.07) is 9.43. The zero-order valence-corrected chi connectivity index (χ0v) is 13.2. The summed E-state index contributed by atoms with van der Waals surface area (Å²) >= 11 is 0. The molecule has 2 rings (SSSR count). The number of aromatic nitrogens is 1. The summed E-state index contributed by atoms with van der Waals surface area (Å²) in [7, 11) is 2.58. The number of benzene rings is 1. The minimum absolute atomic E-state index is 0.139. The average Bonchev–Trinajstić information content (AvgIpc) is 2.65. The van der Waals surface area contributed by atoms with Crippen molar-refractivity contribution in [1.29, 1.82) is 0 Å². The molecule has 0 saturated carbocycles. The predicted molar refractivity (Wildman–Crippen MR) is 86.7 cm³/mol. The zero-order chi connectivity index (χ0) is 17.5. The maximum atomic E-state index is 12.1. The lowest BCUT2D eigenvalue weighted by Gasteiger charge is -2.01. The standard InChI is InChI=1S/C18H15NO5/c1-23-17(21)13-6-3-12(4-7-13)5-8-16(20)15-11-14(9-10-19-15)18(22)24-2/h3-11H,1-2H3/b8-5+. The van der Waals surface area contributed by atoms with Crippen molar-refractivity contribution in [3.63, 3.8) is 0 Å². The second-order valence-electron chi connectivity index (χ2n) is 4.73. The number of pyridine rings is 1. The molecule has 1 aromatic carbocycles. The van der Waals surface area contributed by atoms with Gasteiger partial charge in [0.1, 0.15) is 5.69 Å². The van der Waals surface area contributed by atoms with E-state index in [0.29, 0.717) is 5.56 Å². The van der Waals surface area contributed by atoms with Crippen LogP contribution in [0.25, 0.3) is 6.08 Å². The van der Waals surface area contributed by atoms with E-state index in [4.69, 9.17) is 0 Å². The summed E-state index contributed by atoms with van der Waals surface area (Å²) in [5, 5.41) is 0. The summed E-state index contributed by atoms with van der Waals surface area (Å²) in [4.78, 5) is 38.9. The molecule has 0 N–H and O–H groups in total. The van der Waals surface area contributed by atoms with Gasteiger partial charge in [-0.2, -0.15) is 0 Å². The van der Waals surface area contributed by atoms with E-state index in [1.807, 2.05) is 0 Å². The van der Waals surface area contributed by atoms with Gasteiger partial charge in [0, 0.05) is 6.20 Å². The number of carbonyl (C=O) groups is 3. The Hall–Kier alpha value is -3.28. The topological polar surface area (TPSA) is 82.6 Å². The molecule has 1 heterocycles. The van der Waals surface area contributed by atoms with Crippen LogP contribution in [0.4, 0.5) is 0 Å². The van der Waals surface area contributed by atoms with Crippen LogP contribution in [-0.4, -0.2) is 36.9 Å².